The van der Waals surface area contributed by atoms with Crippen molar-refractivity contribution in [2.75, 3.05) is 0 Å². The Balaban J connectivity index is 2.02. The minimum Gasteiger partial charge on any atom is -0.481 e. The molecule has 1 aliphatic carbocycles. The molecule has 1 aliphatic rings. The van der Waals surface area contributed by atoms with Crippen molar-refractivity contribution < 1.29 is 9.90 Å². The Morgan fingerprint density at radius 2 is 2.22 bits per heavy atom. The summed E-state index contributed by atoms with van der Waals surface area (Å²) in [5.74, 6) is -0.650. The quantitative estimate of drug-likeness (QED) is 0.781. The molecule has 0 aliphatic heterocycles. The van der Waals surface area contributed by atoms with Crippen molar-refractivity contribution in [3.05, 3.63) is 30.5 Å². The van der Waals surface area contributed by atoms with Gasteiger partial charge in [0.15, 0.2) is 5.65 Å². The molecule has 0 amide bonds. The number of carboxylic acids is 1. The molecular formula is C12H12N4O2. The SMILES string of the molecule is O=C(O)C1CC=CCC1c1nc2ncncc2[nH]1. The zero-order valence-corrected chi connectivity index (χ0v) is 9.58. The third kappa shape index (κ3) is 1.75. The number of rotatable bonds is 2. The lowest BCUT2D eigenvalue weighted by Gasteiger charge is -2.23. The molecule has 6 heteroatoms. The summed E-state index contributed by atoms with van der Waals surface area (Å²) in [5.41, 5.74) is 1.32. The number of carboxylic acid groups (broad SMARTS) is 1. The first-order valence-corrected chi connectivity index (χ1v) is 5.79. The summed E-state index contributed by atoms with van der Waals surface area (Å²) in [7, 11) is 0. The largest absolute Gasteiger partial charge is 0.481 e. The van der Waals surface area contributed by atoms with E-state index < -0.39 is 11.9 Å². The Morgan fingerprint density at radius 3 is 3.00 bits per heavy atom. The van der Waals surface area contributed by atoms with Crippen LogP contribution >= 0.6 is 0 Å². The van der Waals surface area contributed by atoms with E-state index in [2.05, 4.69) is 19.9 Å². The molecule has 0 saturated heterocycles. The normalized spacial score (nSPS) is 23.3. The molecule has 0 bridgehead atoms. The van der Waals surface area contributed by atoms with Crippen LogP contribution in [0.1, 0.15) is 24.6 Å². The van der Waals surface area contributed by atoms with E-state index in [1.807, 2.05) is 12.2 Å². The third-order valence-corrected chi connectivity index (χ3v) is 3.28. The van der Waals surface area contributed by atoms with Gasteiger partial charge in [0.25, 0.3) is 0 Å². The molecular weight excluding hydrogens is 232 g/mol. The number of nitrogens with zero attached hydrogens (tertiary/aromatic N) is 3. The highest BCUT2D eigenvalue weighted by Crippen LogP contribution is 2.33. The number of nitrogens with one attached hydrogen (secondary N) is 1. The summed E-state index contributed by atoms with van der Waals surface area (Å²) < 4.78 is 0. The van der Waals surface area contributed by atoms with Crippen LogP contribution in [0.25, 0.3) is 11.2 Å². The van der Waals surface area contributed by atoms with Crippen molar-refractivity contribution in [3.63, 3.8) is 0 Å². The van der Waals surface area contributed by atoms with Crippen molar-refractivity contribution in [3.8, 4) is 0 Å². The van der Waals surface area contributed by atoms with Gasteiger partial charge in [0.05, 0.1) is 12.1 Å². The average Bonchev–Trinajstić information content (AvgIpc) is 2.82. The van der Waals surface area contributed by atoms with E-state index in [0.29, 0.717) is 24.3 Å². The number of hydrogen-bond acceptors (Lipinski definition) is 4. The van der Waals surface area contributed by atoms with E-state index >= 15 is 0 Å². The number of fused-ring (bicyclic) bond motifs is 1. The van der Waals surface area contributed by atoms with E-state index in [4.69, 9.17) is 0 Å². The molecule has 0 fully saturated rings. The van der Waals surface area contributed by atoms with Crippen molar-refractivity contribution in [2.24, 2.45) is 5.92 Å². The Hall–Kier alpha value is -2.24. The van der Waals surface area contributed by atoms with Gasteiger partial charge in [-0.25, -0.2) is 15.0 Å². The summed E-state index contributed by atoms with van der Waals surface area (Å²) in [6.45, 7) is 0. The van der Waals surface area contributed by atoms with Crippen LogP contribution in [0.4, 0.5) is 0 Å². The summed E-state index contributed by atoms with van der Waals surface area (Å²) in [6.07, 6.45) is 8.23. The molecule has 2 aromatic rings. The number of imidazole rings is 1. The molecule has 2 unspecified atom stereocenters. The fraction of sp³-hybridized carbons (Fsp3) is 0.333. The standard InChI is InChI=1S/C12H12N4O2/c17-12(18)8-4-2-1-3-7(8)10-15-9-5-13-6-14-11(9)16-10/h1-2,5-8H,3-4H2,(H,17,18)(H,13,14,15,16). The second kappa shape index (κ2) is 4.21. The van der Waals surface area contributed by atoms with E-state index in [9.17, 15) is 9.90 Å². The molecule has 2 heterocycles. The molecule has 92 valence electrons. The average molecular weight is 244 g/mol. The zero-order chi connectivity index (χ0) is 12.5. The Kier molecular flexibility index (Phi) is 2.55. The second-order valence-electron chi connectivity index (χ2n) is 4.38. The van der Waals surface area contributed by atoms with Crippen molar-refractivity contribution >= 4 is 17.1 Å². The van der Waals surface area contributed by atoms with Crippen molar-refractivity contribution in [1.82, 2.24) is 19.9 Å². The minimum atomic E-state index is -0.782. The smallest absolute Gasteiger partial charge is 0.307 e. The van der Waals surface area contributed by atoms with Gasteiger partial charge in [-0.3, -0.25) is 4.79 Å². The predicted molar refractivity (Wildman–Crippen MR) is 63.9 cm³/mol. The molecule has 0 radical (unpaired) electrons. The van der Waals surface area contributed by atoms with Crippen LogP contribution in [0.15, 0.2) is 24.7 Å². The van der Waals surface area contributed by atoms with Gasteiger partial charge < -0.3 is 10.1 Å². The highest BCUT2D eigenvalue weighted by molar-refractivity contribution is 5.73. The summed E-state index contributed by atoms with van der Waals surface area (Å²) >= 11 is 0. The number of hydrogen-bond donors (Lipinski definition) is 2. The van der Waals surface area contributed by atoms with Gasteiger partial charge in [0.1, 0.15) is 17.7 Å². The van der Waals surface area contributed by atoms with Gasteiger partial charge in [-0.2, -0.15) is 0 Å². The van der Waals surface area contributed by atoms with E-state index in [-0.39, 0.29) is 5.92 Å². The maximum atomic E-state index is 11.2. The van der Waals surface area contributed by atoms with Gasteiger partial charge in [-0.1, -0.05) is 12.2 Å². The molecule has 0 saturated carbocycles. The number of aromatic nitrogens is 4. The Bertz CT molecular complexity index is 586. The van der Waals surface area contributed by atoms with Gasteiger partial charge in [-0.15, -0.1) is 0 Å². The Labute approximate surface area is 103 Å². The molecule has 0 spiro atoms. The topological polar surface area (TPSA) is 91.8 Å². The van der Waals surface area contributed by atoms with E-state index in [0.717, 1.165) is 5.52 Å². The molecule has 2 N–H and O–H groups in total. The first kappa shape index (κ1) is 10.9. The number of allylic oxidation sites excluding steroid dienone is 2. The molecule has 6 nitrogen and oxygen atoms in total. The van der Waals surface area contributed by atoms with Gasteiger partial charge in [0, 0.05) is 5.92 Å². The van der Waals surface area contributed by atoms with Crippen molar-refractivity contribution in [1.29, 1.82) is 0 Å². The van der Waals surface area contributed by atoms with Crippen LogP contribution in [0.3, 0.4) is 0 Å². The van der Waals surface area contributed by atoms with E-state index in [1.54, 1.807) is 6.20 Å². The van der Waals surface area contributed by atoms with Gasteiger partial charge >= 0.3 is 5.97 Å². The first-order valence-electron chi connectivity index (χ1n) is 5.79. The fourth-order valence-corrected chi connectivity index (χ4v) is 2.35. The van der Waals surface area contributed by atoms with Gasteiger partial charge in [-0.05, 0) is 12.8 Å². The maximum Gasteiger partial charge on any atom is 0.307 e. The lowest BCUT2D eigenvalue weighted by molar-refractivity contribution is -0.142. The summed E-state index contributed by atoms with van der Waals surface area (Å²) in [6, 6.07) is 0. The van der Waals surface area contributed by atoms with E-state index in [1.165, 1.54) is 6.33 Å². The second-order valence-corrected chi connectivity index (χ2v) is 4.38. The fourth-order valence-electron chi connectivity index (χ4n) is 2.35. The summed E-state index contributed by atoms with van der Waals surface area (Å²) in [5, 5.41) is 9.24. The highest BCUT2D eigenvalue weighted by Gasteiger charge is 2.32. The van der Waals surface area contributed by atoms with Crippen molar-refractivity contribution in [2.45, 2.75) is 18.8 Å². The third-order valence-electron chi connectivity index (χ3n) is 3.28. The lowest BCUT2D eigenvalue weighted by Crippen LogP contribution is -2.24. The maximum absolute atomic E-state index is 11.2. The number of H-pyrrole nitrogens is 1. The Morgan fingerprint density at radius 1 is 1.39 bits per heavy atom. The molecule has 18 heavy (non-hydrogen) atoms. The van der Waals surface area contributed by atoms with Crippen LogP contribution in [0, 0.1) is 5.92 Å². The molecule has 3 rings (SSSR count). The molecule has 2 atom stereocenters. The minimum absolute atomic E-state index is 0.123. The van der Waals surface area contributed by atoms with Gasteiger partial charge in [0.2, 0.25) is 0 Å². The highest BCUT2D eigenvalue weighted by atomic mass is 16.4. The zero-order valence-electron chi connectivity index (χ0n) is 9.58. The number of aromatic amines is 1. The van der Waals surface area contributed by atoms with Crippen LogP contribution in [0.2, 0.25) is 0 Å². The monoisotopic (exact) mass is 244 g/mol. The predicted octanol–water partition coefficient (Wildman–Crippen LogP) is 1.49. The molecule has 2 aromatic heterocycles. The number of carbonyl (C=O) groups is 1. The molecule has 0 aromatic carbocycles. The summed E-state index contributed by atoms with van der Waals surface area (Å²) in [4.78, 5) is 26.7. The van der Waals surface area contributed by atoms with Crippen LogP contribution in [-0.4, -0.2) is 31.0 Å². The van der Waals surface area contributed by atoms with Crippen LogP contribution in [-0.2, 0) is 4.79 Å². The lowest BCUT2D eigenvalue weighted by atomic mass is 9.82. The first-order chi connectivity index (χ1) is 8.75. The van der Waals surface area contributed by atoms with Crippen LogP contribution in [0.5, 0.6) is 0 Å². The number of aliphatic carboxylic acids is 1. The van der Waals surface area contributed by atoms with Crippen LogP contribution < -0.4 is 0 Å².